The summed E-state index contributed by atoms with van der Waals surface area (Å²) in [6.45, 7) is 1.87. The molecule has 1 unspecified atom stereocenters. The van der Waals surface area contributed by atoms with E-state index in [0.717, 1.165) is 37.1 Å². The molecule has 144 valence electrons. The highest BCUT2D eigenvalue weighted by Gasteiger charge is 2.35. The topological polar surface area (TPSA) is 50.3 Å². The van der Waals surface area contributed by atoms with Gasteiger partial charge in [0.15, 0.2) is 9.84 Å². The van der Waals surface area contributed by atoms with Gasteiger partial charge in [-0.2, -0.15) is 0 Å². The van der Waals surface area contributed by atoms with Crippen molar-refractivity contribution in [3.63, 3.8) is 0 Å². The smallest absolute Gasteiger partial charge is 0.161 e. The van der Waals surface area contributed by atoms with Gasteiger partial charge in [-0.25, -0.2) is 8.42 Å². The molecule has 1 aliphatic rings. The van der Waals surface area contributed by atoms with Crippen LogP contribution in [0.2, 0.25) is 5.02 Å². The van der Waals surface area contributed by atoms with Crippen LogP contribution in [0.3, 0.4) is 0 Å². The fourth-order valence-electron chi connectivity index (χ4n) is 3.65. The SMILES string of the molecule is CN1CCC(C(c2ccncc2)S(=O)(=O)CC=Cc2ccc(Cl)cc2)CC1. The minimum Gasteiger partial charge on any atom is -0.306 e. The average Bonchev–Trinajstić information content (AvgIpc) is 2.66. The van der Waals surface area contributed by atoms with Gasteiger partial charge in [0.2, 0.25) is 0 Å². The van der Waals surface area contributed by atoms with Crippen molar-refractivity contribution < 1.29 is 8.42 Å². The first-order valence-corrected chi connectivity index (χ1v) is 11.3. The summed E-state index contributed by atoms with van der Waals surface area (Å²) in [5.41, 5.74) is 1.79. The standard InChI is InChI=1S/C21H25ClN2O2S/c1-24-14-10-19(11-15-24)21(18-8-12-23-13-9-18)27(25,26)16-2-3-17-4-6-20(22)7-5-17/h2-9,12-13,19,21H,10-11,14-16H2,1H3. The Morgan fingerprint density at radius 2 is 1.78 bits per heavy atom. The molecule has 27 heavy (non-hydrogen) atoms. The molecule has 0 amide bonds. The van der Waals surface area contributed by atoms with Gasteiger partial charge >= 0.3 is 0 Å². The van der Waals surface area contributed by atoms with E-state index in [0.29, 0.717) is 5.02 Å². The van der Waals surface area contributed by atoms with E-state index in [-0.39, 0.29) is 11.7 Å². The molecule has 2 aromatic rings. The maximum absolute atomic E-state index is 13.2. The maximum atomic E-state index is 13.2. The number of aromatic nitrogens is 1. The zero-order valence-corrected chi connectivity index (χ0v) is 17.0. The number of hydrogen-bond donors (Lipinski definition) is 0. The predicted octanol–water partition coefficient (Wildman–Crippen LogP) is 4.25. The summed E-state index contributed by atoms with van der Waals surface area (Å²) in [5.74, 6) is 0.159. The molecule has 0 aliphatic carbocycles. The molecule has 0 N–H and O–H groups in total. The van der Waals surface area contributed by atoms with Gasteiger partial charge in [0.05, 0.1) is 11.0 Å². The van der Waals surface area contributed by atoms with Gasteiger partial charge in [0, 0.05) is 17.4 Å². The lowest BCUT2D eigenvalue weighted by atomic mass is 9.90. The Bertz CT molecular complexity index is 859. The molecule has 2 heterocycles. The third-order valence-corrected chi connectivity index (χ3v) is 7.46. The van der Waals surface area contributed by atoms with Crippen molar-refractivity contribution in [1.82, 2.24) is 9.88 Å². The lowest BCUT2D eigenvalue weighted by Crippen LogP contribution is -2.35. The lowest BCUT2D eigenvalue weighted by molar-refractivity contribution is 0.214. The Morgan fingerprint density at radius 1 is 1.15 bits per heavy atom. The van der Waals surface area contributed by atoms with Crippen LogP contribution in [0.1, 0.15) is 29.2 Å². The van der Waals surface area contributed by atoms with Crippen molar-refractivity contribution in [3.05, 3.63) is 71.0 Å². The van der Waals surface area contributed by atoms with Crippen LogP contribution in [0.5, 0.6) is 0 Å². The van der Waals surface area contributed by atoms with Crippen molar-refractivity contribution >= 4 is 27.5 Å². The Hall–Kier alpha value is -1.69. The molecule has 0 bridgehead atoms. The second-order valence-electron chi connectivity index (χ2n) is 7.13. The summed E-state index contributed by atoms with van der Waals surface area (Å²) in [5, 5.41) is 0.184. The fourth-order valence-corrected chi connectivity index (χ4v) is 5.78. The van der Waals surface area contributed by atoms with Gasteiger partial charge in [-0.05, 0) is 74.3 Å². The molecule has 1 atom stereocenters. The molecule has 1 aromatic carbocycles. The van der Waals surface area contributed by atoms with E-state index in [1.165, 1.54) is 0 Å². The number of benzene rings is 1. The van der Waals surface area contributed by atoms with Gasteiger partial charge < -0.3 is 4.90 Å². The van der Waals surface area contributed by atoms with E-state index in [1.54, 1.807) is 30.6 Å². The normalized spacial score (nSPS) is 18.0. The summed E-state index contributed by atoms with van der Waals surface area (Å²) in [6, 6.07) is 11.0. The molecule has 0 spiro atoms. The van der Waals surface area contributed by atoms with E-state index < -0.39 is 15.1 Å². The van der Waals surface area contributed by atoms with E-state index in [1.807, 2.05) is 30.3 Å². The van der Waals surface area contributed by atoms with E-state index in [9.17, 15) is 8.42 Å². The van der Waals surface area contributed by atoms with Gasteiger partial charge in [-0.15, -0.1) is 0 Å². The maximum Gasteiger partial charge on any atom is 0.161 e. The van der Waals surface area contributed by atoms with E-state index in [4.69, 9.17) is 11.6 Å². The first-order chi connectivity index (χ1) is 13.0. The molecular weight excluding hydrogens is 380 g/mol. The number of sulfone groups is 1. The predicted molar refractivity (Wildman–Crippen MR) is 111 cm³/mol. The summed E-state index contributed by atoms with van der Waals surface area (Å²) < 4.78 is 26.5. The molecule has 4 nitrogen and oxygen atoms in total. The first-order valence-electron chi connectivity index (χ1n) is 9.18. The van der Waals surface area contributed by atoms with Crippen LogP contribution in [0.25, 0.3) is 6.08 Å². The average molecular weight is 405 g/mol. The van der Waals surface area contributed by atoms with Gasteiger partial charge in [0.25, 0.3) is 0 Å². The second-order valence-corrected chi connectivity index (χ2v) is 9.73. The second kappa shape index (κ2) is 9.00. The van der Waals surface area contributed by atoms with Crippen LogP contribution < -0.4 is 0 Å². The molecule has 1 fully saturated rings. The van der Waals surface area contributed by atoms with Crippen LogP contribution in [0.15, 0.2) is 54.9 Å². The number of halogens is 1. The van der Waals surface area contributed by atoms with Crippen molar-refractivity contribution in [3.8, 4) is 0 Å². The molecule has 0 radical (unpaired) electrons. The van der Waals surface area contributed by atoms with E-state index >= 15 is 0 Å². The van der Waals surface area contributed by atoms with Crippen LogP contribution in [0.4, 0.5) is 0 Å². The van der Waals surface area contributed by atoms with Crippen LogP contribution in [0, 0.1) is 5.92 Å². The van der Waals surface area contributed by atoms with Crippen molar-refractivity contribution in [2.24, 2.45) is 5.92 Å². The Morgan fingerprint density at radius 3 is 2.41 bits per heavy atom. The van der Waals surface area contributed by atoms with Crippen LogP contribution in [-0.4, -0.2) is 44.2 Å². The highest BCUT2D eigenvalue weighted by molar-refractivity contribution is 7.91. The third kappa shape index (κ3) is 5.41. The summed E-state index contributed by atoms with van der Waals surface area (Å²) in [4.78, 5) is 6.31. The lowest BCUT2D eigenvalue weighted by Gasteiger charge is -2.34. The largest absolute Gasteiger partial charge is 0.306 e. The van der Waals surface area contributed by atoms with Gasteiger partial charge in [-0.3, -0.25) is 4.98 Å². The van der Waals surface area contributed by atoms with Crippen LogP contribution in [-0.2, 0) is 9.84 Å². The summed E-state index contributed by atoms with van der Waals surface area (Å²) >= 11 is 5.90. The number of piperidine rings is 1. The Kier molecular flexibility index (Phi) is 6.68. The number of pyridine rings is 1. The molecular formula is C21H25ClN2O2S. The molecule has 0 saturated carbocycles. The molecule has 1 aromatic heterocycles. The highest BCUT2D eigenvalue weighted by atomic mass is 35.5. The third-order valence-electron chi connectivity index (χ3n) is 5.12. The monoisotopic (exact) mass is 404 g/mol. The highest BCUT2D eigenvalue weighted by Crippen LogP contribution is 2.37. The van der Waals surface area contributed by atoms with Gasteiger partial charge in [-0.1, -0.05) is 35.9 Å². The number of hydrogen-bond acceptors (Lipinski definition) is 4. The van der Waals surface area contributed by atoms with Crippen molar-refractivity contribution in [2.75, 3.05) is 25.9 Å². The van der Waals surface area contributed by atoms with Crippen molar-refractivity contribution in [1.29, 1.82) is 0 Å². The molecule has 3 rings (SSSR count). The first kappa shape index (κ1) is 20.1. The fraction of sp³-hybridized carbons (Fsp3) is 0.381. The summed E-state index contributed by atoms with van der Waals surface area (Å²) in [7, 11) is -1.25. The minimum absolute atomic E-state index is 0.0228. The number of nitrogens with zero attached hydrogens (tertiary/aromatic N) is 2. The van der Waals surface area contributed by atoms with Gasteiger partial charge in [0.1, 0.15) is 0 Å². The minimum atomic E-state index is -3.33. The quantitative estimate of drug-likeness (QED) is 0.722. The number of rotatable bonds is 6. The number of likely N-dealkylation sites (tertiary alicyclic amines) is 1. The zero-order chi connectivity index (χ0) is 19.3. The molecule has 6 heteroatoms. The van der Waals surface area contributed by atoms with E-state index in [2.05, 4.69) is 16.9 Å². The van der Waals surface area contributed by atoms with Crippen molar-refractivity contribution in [2.45, 2.75) is 18.1 Å². The Balaban J connectivity index is 1.80. The van der Waals surface area contributed by atoms with Crippen LogP contribution >= 0.6 is 11.6 Å². The zero-order valence-electron chi connectivity index (χ0n) is 15.5. The Labute approximate surface area is 166 Å². The molecule has 1 aliphatic heterocycles. The summed E-state index contributed by atoms with van der Waals surface area (Å²) in [6.07, 6.45) is 8.72. The molecule has 1 saturated heterocycles.